The van der Waals surface area contributed by atoms with Crippen molar-refractivity contribution in [2.45, 2.75) is 26.3 Å². The summed E-state index contributed by atoms with van der Waals surface area (Å²) >= 11 is 3.36. The zero-order valence-electron chi connectivity index (χ0n) is 11.6. The molecule has 0 aliphatic rings. The van der Waals surface area contributed by atoms with Gasteiger partial charge >= 0.3 is 5.97 Å². The van der Waals surface area contributed by atoms with E-state index in [0.717, 1.165) is 10.0 Å². The number of hydrogen-bond donors (Lipinski definition) is 2. The summed E-state index contributed by atoms with van der Waals surface area (Å²) in [5.41, 5.74) is 0.745. The third kappa shape index (κ3) is 4.52. The smallest absolute Gasteiger partial charge is 0.326 e. The van der Waals surface area contributed by atoms with Crippen LogP contribution in [0.5, 0.6) is 5.75 Å². The maximum absolute atomic E-state index is 11.9. The predicted octanol–water partition coefficient (Wildman–Crippen LogP) is 2.23. The van der Waals surface area contributed by atoms with Crippen molar-refractivity contribution < 1.29 is 19.4 Å². The van der Waals surface area contributed by atoms with Crippen molar-refractivity contribution >= 4 is 27.8 Å². The summed E-state index contributed by atoms with van der Waals surface area (Å²) in [6.07, 6.45) is 0.0916. The molecule has 0 unspecified atom stereocenters. The van der Waals surface area contributed by atoms with Crippen LogP contribution in [0.4, 0.5) is 0 Å². The van der Waals surface area contributed by atoms with Crippen LogP contribution in [-0.2, 0) is 16.0 Å². The zero-order chi connectivity index (χ0) is 15.3. The number of rotatable bonds is 6. The van der Waals surface area contributed by atoms with Crippen LogP contribution < -0.4 is 10.1 Å². The molecule has 0 fully saturated rings. The van der Waals surface area contributed by atoms with Crippen molar-refractivity contribution in [3.05, 3.63) is 28.2 Å². The lowest BCUT2D eigenvalue weighted by Gasteiger charge is -2.18. The van der Waals surface area contributed by atoms with Crippen molar-refractivity contribution in [2.75, 3.05) is 7.11 Å². The predicted molar refractivity (Wildman–Crippen MR) is 78.8 cm³/mol. The Morgan fingerprint density at radius 3 is 2.55 bits per heavy atom. The molecule has 0 aliphatic carbocycles. The lowest BCUT2D eigenvalue weighted by molar-refractivity contribution is -0.143. The fourth-order valence-corrected chi connectivity index (χ4v) is 2.11. The van der Waals surface area contributed by atoms with E-state index in [1.165, 1.54) is 0 Å². The summed E-state index contributed by atoms with van der Waals surface area (Å²) in [6, 6.07) is 4.43. The number of carbonyl (C=O) groups is 2. The molecular weight excluding hydrogens is 326 g/mol. The Bertz CT molecular complexity index is 502. The number of hydrogen-bond acceptors (Lipinski definition) is 3. The van der Waals surface area contributed by atoms with Gasteiger partial charge in [0.05, 0.1) is 13.5 Å². The molecular formula is C14H18BrNO4. The lowest BCUT2D eigenvalue weighted by Crippen LogP contribution is -2.44. The van der Waals surface area contributed by atoms with Gasteiger partial charge in [-0.2, -0.15) is 0 Å². The molecule has 0 bridgehead atoms. The maximum atomic E-state index is 11.9. The number of halogens is 1. The van der Waals surface area contributed by atoms with Gasteiger partial charge in [0.2, 0.25) is 5.91 Å². The maximum Gasteiger partial charge on any atom is 0.326 e. The second kappa shape index (κ2) is 7.28. The minimum absolute atomic E-state index is 0.0916. The highest BCUT2D eigenvalue weighted by atomic mass is 79.9. The van der Waals surface area contributed by atoms with Gasteiger partial charge in [0.1, 0.15) is 11.8 Å². The average molecular weight is 344 g/mol. The molecule has 6 heteroatoms. The number of amides is 1. The highest BCUT2D eigenvalue weighted by molar-refractivity contribution is 9.10. The van der Waals surface area contributed by atoms with Crippen LogP contribution in [0.3, 0.4) is 0 Å². The van der Waals surface area contributed by atoms with Crippen LogP contribution in [0.25, 0.3) is 0 Å². The molecule has 0 saturated carbocycles. The van der Waals surface area contributed by atoms with E-state index in [1.54, 1.807) is 39.2 Å². The number of benzene rings is 1. The summed E-state index contributed by atoms with van der Waals surface area (Å²) in [4.78, 5) is 23.0. The molecule has 1 atom stereocenters. The first-order valence-corrected chi connectivity index (χ1v) is 6.99. The summed E-state index contributed by atoms with van der Waals surface area (Å²) in [6.45, 7) is 3.50. The van der Waals surface area contributed by atoms with E-state index >= 15 is 0 Å². The van der Waals surface area contributed by atoms with Gasteiger partial charge < -0.3 is 15.2 Å². The Kier molecular flexibility index (Phi) is 6.01. The van der Waals surface area contributed by atoms with E-state index in [2.05, 4.69) is 21.2 Å². The van der Waals surface area contributed by atoms with Gasteiger partial charge in [-0.25, -0.2) is 4.79 Å². The Labute approximate surface area is 126 Å². The summed E-state index contributed by atoms with van der Waals surface area (Å²) in [7, 11) is 1.55. The number of carbonyl (C=O) groups excluding carboxylic acids is 1. The molecule has 5 nitrogen and oxygen atoms in total. The highest BCUT2D eigenvalue weighted by Gasteiger charge is 2.23. The van der Waals surface area contributed by atoms with Crippen molar-refractivity contribution in [3.8, 4) is 5.75 Å². The molecule has 0 radical (unpaired) electrons. The van der Waals surface area contributed by atoms with E-state index in [1.807, 2.05) is 0 Å². The topological polar surface area (TPSA) is 75.6 Å². The first-order valence-electron chi connectivity index (χ1n) is 6.19. The molecule has 1 rings (SSSR count). The first kappa shape index (κ1) is 16.5. The summed E-state index contributed by atoms with van der Waals surface area (Å²) in [5, 5.41) is 11.6. The average Bonchev–Trinajstić information content (AvgIpc) is 2.37. The van der Waals surface area contributed by atoms with Gasteiger partial charge in [-0.15, -0.1) is 0 Å². The Balaban J connectivity index is 2.78. The Morgan fingerprint density at radius 2 is 2.05 bits per heavy atom. The van der Waals surface area contributed by atoms with Gasteiger partial charge in [-0.05, 0) is 29.7 Å². The third-order valence-corrected chi connectivity index (χ3v) is 3.63. The normalized spacial score (nSPS) is 12.1. The van der Waals surface area contributed by atoms with Crippen LogP contribution >= 0.6 is 15.9 Å². The quantitative estimate of drug-likeness (QED) is 0.830. The molecule has 0 heterocycles. The summed E-state index contributed by atoms with van der Waals surface area (Å²) in [5.74, 6) is -0.891. The van der Waals surface area contributed by atoms with Crippen LogP contribution in [0.15, 0.2) is 22.7 Å². The number of methoxy groups -OCH3 is 1. The molecule has 0 aromatic heterocycles. The molecule has 0 spiro atoms. The van der Waals surface area contributed by atoms with Crippen LogP contribution in [0.2, 0.25) is 0 Å². The van der Waals surface area contributed by atoms with Crippen LogP contribution in [0.1, 0.15) is 19.4 Å². The van der Waals surface area contributed by atoms with Gasteiger partial charge in [-0.1, -0.05) is 29.8 Å². The third-order valence-electron chi connectivity index (χ3n) is 2.85. The second-order valence-electron chi connectivity index (χ2n) is 4.76. The van der Waals surface area contributed by atoms with E-state index < -0.39 is 12.0 Å². The van der Waals surface area contributed by atoms with Gasteiger partial charge in [-0.3, -0.25) is 4.79 Å². The number of carboxylic acids is 1. The number of ether oxygens (including phenoxy) is 1. The van der Waals surface area contributed by atoms with Gasteiger partial charge in [0.25, 0.3) is 0 Å². The number of carboxylic acid groups (broad SMARTS) is 1. The second-order valence-corrected chi connectivity index (χ2v) is 5.62. The van der Waals surface area contributed by atoms with Crippen molar-refractivity contribution in [3.63, 3.8) is 0 Å². The lowest BCUT2D eigenvalue weighted by atomic mass is 10.0. The molecule has 1 aromatic carbocycles. The van der Waals surface area contributed by atoms with Crippen LogP contribution in [-0.4, -0.2) is 30.1 Å². The van der Waals surface area contributed by atoms with E-state index in [-0.39, 0.29) is 18.2 Å². The minimum atomic E-state index is -1.03. The van der Waals surface area contributed by atoms with Crippen LogP contribution in [0, 0.1) is 5.92 Å². The number of nitrogens with one attached hydrogen (secondary N) is 1. The Hall–Kier alpha value is -1.56. The summed E-state index contributed by atoms with van der Waals surface area (Å²) < 4.78 is 5.88. The fourth-order valence-electron chi connectivity index (χ4n) is 1.72. The molecule has 0 saturated heterocycles. The standard InChI is InChI=1S/C14H18BrNO4/c1-8(2)13(14(18)19)16-12(17)7-9-6-10(20-3)4-5-11(9)15/h4-6,8,13H,7H2,1-3H3,(H,16,17)(H,18,19)/t13-/m0/s1. The fraction of sp³-hybridized carbons (Fsp3) is 0.429. The largest absolute Gasteiger partial charge is 0.497 e. The van der Waals surface area contributed by atoms with Crippen molar-refractivity contribution in [1.82, 2.24) is 5.32 Å². The zero-order valence-corrected chi connectivity index (χ0v) is 13.2. The van der Waals surface area contributed by atoms with Crippen molar-refractivity contribution in [1.29, 1.82) is 0 Å². The monoisotopic (exact) mass is 343 g/mol. The molecule has 2 N–H and O–H groups in total. The SMILES string of the molecule is COc1ccc(Br)c(CC(=O)N[C@H](C(=O)O)C(C)C)c1. The van der Waals surface area contributed by atoms with Gasteiger partial charge in [0.15, 0.2) is 0 Å². The van der Waals surface area contributed by atoms with Gasteiger partial charge in [0, 0.05) is 4.47 Å². The van der Waals surface area contributed by atoms with E-state index in [9.17, 15) is 9.59 Å². The Morgan fingerprint density at radius 1 is 1.40 bits per heavy atom. The number of aliphatic carboxylic acids is 1. The molecule has 1 amide bonds. The molecule has 1 aromatic rings. The molecule has 0 aliphatic heterocycles. The van der Waals surface area contributed by atoms with E-state index in [0.29, 0.717) is 5.75 Å². The van der Waals surface area contributed by atoms with E-state index in [4.69, 9.17) is 9.84 Å². The highest BCUT2D eigenvalue weighted by Crippen LogP contribution is 2.23. The molecule has 110 valence electrons. The minimum Gasteiger partial charge on any atom is -0.497 e. The molecule has 20 heavy (non-hydrogen) atoms. The van der Waals surface area contributed by atoms with Crippen molar-refractivity contribution in [2.24, 2.45) is 5.92 Å². The first-order chi connectivity index (χ1) is 9.35.